The number of nitrogens with one attached hydrogen (secondary N) is 2. The summed E-state index contributed by atoms with van der Waals surface area (Å²) < 4.78 is 29.4. The molecular weight excluding hydrogens is 689 g/mol. The fourth-order valence-corrected chi connectivity index (χ4v) is 7.74. The number of carboxylic acids is 1. The number of aliphatic hydroxyl groups excluding tert-OH is 1. The van der Waals surface area contributed by atoms with Crippen molar-refractivity contribution in [2.24, 2.45) is 7.05 Å². The van der Waals surface area contributed by atoms with Crippen molar-refractivity contribution < 1.29 is 33.7 Å². The molecule has 52 heavy (non-hydrogen) atoms. The second kappa shape index (κ2) is 14.1. The normalized spacial score (nSPS) is 18.0. The second-order valence-electron chi connectivity index (χ2n) is 14.0. The van der Waals surface area contributed by atoms with Gasteiger partial charge in [0.15, 0.2) is 11.6 Å². The van der Waals surface area contributed by atoms with Crippen molar-refractivity contribution in [1.29, 1.82) is 0 Å². The lowest BCUT2D eigenvalue weighted by Crippen LogP contribution is -2.39. The Balaban J connectivity index is 1.10. The number of carbonyl (C=O) groups is 2. The van der Waals surface area contributed by atoms with Crippen LogP contribution < -0.4 is 20.1 Å². The molecule has 3 aliphatic rings. The van der Waals surface area contributed by atoms with E-state index in [-0.39, 0.29) is 47.2 Å². The van der Waals surface area contributed by atoms with E-state index in [0.717, 1.165) is 52.2 Å². The SMILES string of the molecule is COc1cc(OC2CCc3c(-c4cccc(NC(=O)c5nc6c(n5C)CCN(C(C)CO)C6)c4C)cccc32)c(Cl)c(F)c1CNC1(C(=O)O)CC1. The molecule has 7 rings (SSSR count). The van der Waals surface area contributed by atoms with Crippen molar-refractivity contribution in [1.82, 2.24) is 19.8 Å². The van der Waals surface area contributed by atoms with Gasteiger partial charge in [-0.15, -0.1) is 0 Å². The predicted molar refractivity (Wildman–Crippen MR) is 195 cm³/mol. The van der Waals surface area contributed by atoms with E-state index < -0.39 is 23.4 Å². The number of imidazole rings is 1. The maximum atomic E-state index is 15.7. The summed E-state index contributed by atoms with van der Waals surface area (Å²) in [6, 6.07) is 13.4. The molecule has 4 N–H and O–H groups in total. The van der Waals surface area contributed by atoms with Crippen LogP contribution in [0.15, 0.2) is 42.5 Å². The average molecular weight is 732 g/mol. The number of hydrogen-bond acceptors (Lipinski definition) is 8. The molecule has 4 aromatic rings. The van der Waals surface area contributed by atoms with Crippen molar-refractivity contribution in [2.45, 2.75) is 76.7 Å². The van der Waals surface area contributed by atoms with E-state index in [2.05, 4.69) is 21.6 Å². The minimum absolute atomic E-state index is 0.0192. The number of rotatable bonds is 12. The number of halogens is 2. The Morgan fingerprint density at radius 2 is 1.90 bits per heavy atom. The summed E-state index contributed by atoms with van der Waals surface area (Å²) in [5, 5.41) is 25.0. The van der Waals surface area contributed by atoms with Gasteiger partial charge < -0.3 is 29.6 Å². The van der Waals surface area contributed by atoms with E-state index in [9.17, 15) is 19.8 Å². The number of carbonyl (C=O) groups excluding carboxylic acids is 1. The third kappa shape index (κ3) is 6.42. The Morgan fingerprint density at radius 3 is 2.62 bits per heavy atom. The van der Waals surface area contributed by atoms with E-state index in [1.54, 1.807) is 6.07 Å². The van der Waals surface area contributed by atoms with Crippen LogP contribution in [-0.4, -0.2) is 68.4 Å². The molecule has 2 aliphatic carbocycles. The quantitative estimate of drug-likeness (QED) is 0.139. The third-order valence-electron chi connectivity index (χ3n) is 10.9. The van der Waals surface area contributed by atoms with Gasteiger partial charge in [-0.3, -0.25) is 19.8 Å². The molecule has 2 unspecified atom stereocenters. The Bertz CT molecular complexity index is 2060. The maximum absolute atomic E-state index is 15.7. The van der Waals surface area contributed by atoms with E-state index in [4.69, 9.17) is 26.1 Å². The number of nitrogens with zero attached hydrogens (tertiary/aromatic N) is 3. The van der Waals surface area contributed by atoms with Crippen molar-refractivity contribution in [3.63, 3.8) is 0 Å². The molecule has 13 heteroatoms. The van der Waals surface area contributed by atoms with Gasteiger partial charge in [0.25, 0.3) is 5.91 Å². The van der Waals surface area contributed by atoms with E-state index in [0.29, 0.717) is 43.7 Å². The molecule has 2 heterocycles. The highest BCUT2D eigenvalue weighted by Crippen LogP contribution is 2.45. The lowest BCUT2D eigenvalue weighted by Gasteiger charge is -2.30. The fraction of sp³-hybridized carbons (Fsp3) is 0.410. The van der Waals surface area contributed by atoms with Crippen LogP contribution in [0.2, 0.25) is 5.02 Å². The summed E-state index contributed by atoms with van der Waals surface area (Å²) in [5.41, 5.74) is 6.64. The minimum atomic E-state index is -1.05. The number of carboxylic acid groups (broad SMARTS) is 1. The van der Waals surface area contributed by atoms with Crippen LogP contribution in [0.3, 0.4) is 0 Å². The van der Waals surface area contributed by atoms with Gasteiger partial charge in [-0.1, -0.05) is 41.9 Å². The number of aliphatic hydroxyl groups is 1. The Hall–Kier alpha value is -4.49. The molecule has 1 amide bonds. The summed E-state index contributed by atoms with van der Waals surface area (Å²) in [6.07, 6.45) is 2.67. The first kappa shape index (κ1) is 35.9. The van der Waals surface area contributed by atoms with Crippen molar-refractivity contribution >= 4 is 29.2 Å². The van der Waals surface area contributed by atoms with Crippen molar-refractivity contribution in [3.8, 4) is 22.6 Å². The van der Waals surface area contributed by atoms with Gasteiger partial charge >= 0.3 is 5.97 Å². The van der Waals surface area contributed by atoms with Crippen LogP contribution >= 0.6 is 11.6 Å². The monoisotopic (exact) mass is 731 g/mol. The second-order valence-corrected chi connectivity index (χ2v) is 14.4. The molecule has 3 aromatic carbocycles. The number of hydrogen-bond donors (Lipinski definition) is 4. The van der Waals surface area contributed by atoms with Gasteiger partial charge in [-0.2, -0.15) is 0 Å². The first-order valence-electron chi connectivity index (χ1n) is 17.6. The van der Waals surface area contributed by atoms with Crippen LogP contribution in [0.25, 0.3) is 11.1 Å². The maximum Gasteiger partial charge on any atom is 0.323 e. The molecule has 2 atom stereocenters. The van der Waals surface area contributed by atoms with Gasteiger partial charge in [-0.05, 0) is 73.4 Å². The van der Waals surface area contributed by atoms with Gasteiger partial charge in [-0.25, -0.2) is 9.37 Å². The van der Waals surface area contributed by atoms with E-state index >= 15 is 4.39 Å². The summed E-state index contributed by atoms with van der Waals surface area (Å²) in [5.74, 6) is -1.26. The molecule has 0 saturated heterocycles. The molecule has 1 aromatic heterocycles. The first-order chi connectivity index (χ1) is 25.0. The molecule has 11 nitrogen and oxygen atoms in total. The molecule has 0 radical (unpaired) electrons. The minimum Gasteiger partial charge on any atom is -0.496 e. The summed E-state index contributed by atoms with van der Waals surface area (Å²) >= 11 is 6.52. The third-order valence-corrected chi connectivity index (χ3v) is 11.3. The Kier molecular flexibility index (Phi) is 9.77. The number of aliphatic carboxylic acids is 1. The van der Waals surface area contributed by atoms with Crippen LogP contribution in [0.4, 0.5) is 10.1 Å². The zero-order valence-corrected chi connectivity index (χ0v) is 30.4. The largest absolute Gasteiger partial charge is 0.496 e. The van der Waals surface area contributed by atoms with Gasteiger partial charge in [0, 0.05) is 62.2 Å². The van der Waals surface area contributed by atoms with Crippen molar-refractivity contribution in [2.75, 3.05) is 25.6 Å². The molecule has 1 fully saturated rings. The standard InChI is InChI=1S/C39H43ClFN5O6/c1-21(20-47)46-16-13-30-29(19-46)43-36(45(30)3)37(48)44-28-10-6-7-23(22(28)2)24-8-5-9-26-25(24)11-12-31(26)52-33-17-32(51-4)27(35(41)34(33)40)18-42-39(14-15-39)38(49)50/h5-10,17,21,31,42,47H,11-16,18-20H2,1-4H3,(H,44,48)(H,49,50). The van der Waals surface area contributed by atoms with Gasteiger partial charge in [0.05, 0.1) is 19.4 Å². The number of benzene rings is 3. The van der Waals surface area contributed by atoms with Crippen molar-refractivity contribution in [3.05, 3.63) is 92.8 Å². The summed E-state index contributed by atoms with van der Waals surface area (Å²) in [4.78, 5) is 32.1. The first-order valence-corrected chi connectivity index (χ1v) is 18.0. The summed E-state index contributed by atoms with van der Waals surface area (Å²) in [6.45, 7) is 5.36. The molecule has 1 aliphatic heterocycles. The Labute approximate surface area is 306 Å². The Morgan fingerprint density at radius 1 is 1.15 bits per heavy atom. The number of anilines is 1. The van der Waals surface area contributed by atoms with Gasteiger partial charge in [0.2, 0.25) is 0 Å². The molecular formula is C39H43ClFN5O6. The van der Waals surface area contributed by atoms with E-state index in [1.165, 1.54) is 7.11 Å². The molecule has 1 saturated carbocycles. The van der Waals surface area contributed by atoms with E-state index in [1.807, 2.05) is 55.8 Å². The zero-order chi connectivity index (χ0) is 36.9. The molecule has 0 spiro atoms. The topological polar surface area (TPSA) is 138 Å². The van der Waals surface area contributed by atoms with Crippen LogP contribution in [0.1, 0.15) is 76.6 Å². The van der Waals surface area contributed by atoms with Crippen LogP contribution in [0.5, 0.6) is 11.5 Å². The number of ether oxygens (including phenoxy) is 2. The number of amides is 1. The predicted octanol–water partition coefficient (Wildman–Crippen LogP) is 5.96. The number of methoxy groups -OCH3 is 1. The fourth-order valence-electron chi connectivity index (χ4n) is 7.53. The lowest BCUT2D eigenvalue weighted by molar-refractivity contribution is -0.140. The smallest absolute Gasteiger partial charge is 0.323 e. The average Bonchev–Trinajstić information content (AvgIpc) is 3.73. The molecule has 0 bridgehead atoms. The molecule has 274 valence electrons. The highest BCUT2D eigenvalue weighted by Gasteiger charge is 2.50. The highest BCUT2D eigenvalue weighted by atomic mass is 35.5. The summed E-state index contributed by atoms with van der Waals surface area (Å²) in [7, 11) is 3.29. The van der Waals surface area contributed by atoms with Gasteiger partial charge in [0.1, 0.15) is 28.2 Å². The highest BCUT2D eigenvalue weighted by molar-refractivity contribution is 6.32. The number of aromatic nitrogens is 2. The lowest BCUT2D eigenvalue weighted by atomic mass is 9.93. The van der Waals surface area contributed by atoms with Crippen LogP contribution in [0, 0.1) is 12.7 Å². The number of fused-ring (bicyclic) bond motifs is 2. The van der Waals surface area contributed by atoms with Crippen LogP contribution in [-0.2, 0) is 37.8 Å². The zero-order valence-electron chi connectivity index (χ0n) is 29.7.